The van der Waals surface area contributed by atoms with E-state index in [-0.39, 0.29) is 16.9 Å². The van der Waals surface area contributed by atoms with Gasteiger partial charge >= 0.3 is 0 Å². The van der Waals surface area contributed by atoms with Crippen molar-refractivity contribution in [2.24, 2.45) is 11.1 Å². The Kier molecular flexibility index (Phi) is 6.52. The van der Waals surface area contributed by atoms with Crippen molar-refractivity contribution in [3.05, 3.63) is 0 Å². The summed E-state index contributed by atoms with van der Waals surface area (Å²) < 4.78 is 5.22. The van der Waals surface area contributed by atoms with Crippen molar-refractivity contribution in [2.75, 3.05) is 13.2 Å². The molecular weight excluding hydrogens is 224 g/mol. The maximum absolute atomic E-state index is 12.0. The number of hydrogen-bond acceptors (Lipinski definition) is 3. The predicted molar refractivity (Wildman–Crippen MR) is 69.3 cm³/mol. The Morgan fingerprint density at radius 3 is 2.50 bits per heavy atom. The van der Waals surface area contributed by atoms with E-state index in [0.29, 0.717) is 19.6 Å². The summed E-state index contributed by atoms with van der Waals surface area (Å²) >= 11 is 4.93. The molecule has 2 atom stereocenters. The van der Waals surface area contributed by atoms with Crippen molar-refractivity contribution < 1.29 is 9.53 Å². The van der Waals surface area contributed by atoms with Crippen LogP contribution < -0.4 is 11.1 Å². The molecule has 0 aromatic rings. The molecule has 16 heavy (non-hydrogen) atoms. The van der Waals surface area contributed by atoms with Crippen LogP contribution in [-0.4, -0.2) is 30.2 Å². The van der Waals surface area contributed by atoms with Crippen LogP contribution in [0.3, 0.4) is 0 Å². The first kappa shape index (κ1) is 15.3. The van der Waals surface area contributed by atoms with Crippen molar-refractivity contribution >= 4 is 23.1 Å². The van der Waals surface area contributed by atoms with E-state index >= 15 is 0 Å². The molecule has 0 aliphatic heterocycles. The molecule has 3 N–H and O–H groups in total. The summed E-state index contributed by atoms with van der Waals surface area (Å²) in [5, 5.41) is 2.86. The molecule has 0 aliphatic rings. The van der Waals surface area contributed by atoms with Crippen LogP contribution in [0, 0.1) is 5.41 Å². The molecular formula is C11H22N2O2S. The number of nitrogens with one attached hydrogen (secondary N) is 1. The average molecular weight is 246 g/mol. The molecule has 0 saturated heterocycles. The summed E-state index contributed by atoms with van der Waals surface area (Å²) in [4.78, 5) is 12.2. The van der Waals surface area contributed by atoms with Crippen LogP contribution in [0.1, 0.15) is 34.1 Å². The summed E-state index contributed by atoms with van der Waals surface area (Å²) in [6.07, 6.45) is 0.593. The van der Waals surface area contributed by atoms with E-state index in [2.05, 4.69) is 5.32 Å². The van der Waals surface area contributed by atoms with Crippen LogP contribution in [0.5, 0.6) is 0 Å². The van der Waals surface area contributed by atoms with Crippen LogP contribution in [-0.2, 0) is 9.53 Å². The highest BCUT2D eigenvalue weighted by atomic mass is 32.1. The molecule has 0 aromatic heterocycles. The minimum atomic E-state index is -0.768. The number of carbonyl (C=O) groups excluding carboxylic acids is 1. The van der Waals surface area contributed by atoms with Crippen molar-refractivity contribution in [1.82, 2.24) is 5.32 Å². The SMILES string of the molecule is CCOCC(C)NC(=O)C(C)(CC)C(N)=S. The molecule has 2 unspecified atom stereocenters. The van der Waals surface area contributed by atoms with Gasteiger partial charge in [0.05, 0.1) is 17.0 Å². The molecule has 0 heterocycles. The lowest BCUT2D eigenvalue weighted by Gasteiger charge is -2.27. The minimum Gasteiger partial charge on any atom is -0.392 e. The van der Waals surface area contributed by atoms with Gasteiger partial charge in [0.15, 0.2) is 0 Å². The standard InChI is InChI=1S/C11H22N2O2S/c1-5-11(4,9(12)16)10(14)13-8(3)7-15-6-2/h8H,5-7H2,1-4H3,(H2,12,16)(H,13,14). The van der Waals surface area contributed by atoms with Crippen molar-refractivity contribution in [3.8, 4) is 0 Å². The van der Waals surface area contributed by atoms with Gasteiger partial charge in [-0.05, 0) is 27.2 Å². The second kappa shape index (κ2) is 6.81. The lowest BCUT2D eigenvalue weighted by Crippen LogP contribution is -2.50. The highest BCUT2D eigenvalue weighted by Gasteiger charge is 2.34. The quantitative estimate of drug-likeness (QED) is 0.663. The third-order valence-electron chi connectivity index (χ3n) is 2.70. The van der Waals surface area contributed by atoms with Gasteiger partial charge in [0.1, 0.15) is 0 Å². The van der Waals surface area contributed by atoms with Gasteiger partial charge in [-0.1, -0.05) is 19.1 Å². The molecule has 4 nitrogen and oxygen atoms in total. The minimum absolute atomic E-state index is 0.0346. The number of thiocarbonyl (C=S) groups is 1. The Hall–Kier alpha value is -0.680. The first-order valence-corrected chi connectivity index (χ1v) is 5.97. The molecule has 1 amide bonds. The second-order valence-corrected chi connectivity index (χ2v) is 4.52. The summed E-state index contributed by atoms with van der Waals surface area (Å²) in [7, 11) is 0. The number of carbonyl (C=O) groups is 1. The molecule has 5 heteroatoms. The van der Waals surface area contributed by atoms with E-state index in [4.69, 9.17) is 22.7 Å². The Morgan fingerprint density at radius 1 is 1.56 bits per heavy atom. The first-order chi connectivity index (χ1) is 7.38. The van der Waals surface area contributed by atoms with Gasteiger partial charge < -0.3 is 15.8 Å². The van der Waals surface area contributed by atoms with Crippen LogP contribution in [0.25, 0.3) is 0 Å². The molecule has 0 saturated carbocycles. The maximum Gasteiger partial charge on any atom is 0.233 e. The van der Waals surface area contributed by atoms with Crippen LogP contribution in [0.2, 0.25) is 0 Å². The normalized spacial score (nSPS) is 16.2. The lowest BCUT2D eigenvalue weighted by molar-refractivity contribution is -0.128. The third kappa shape index (κ3) is 4.06. The van der Waals surface area contributed by atoms with Gasteiger partial charge in [-0.25, -0.2) is 0 Å². The first-order valence-electron chi connectivity index (χ1n) is 5.57. The molecule has 0 fully saturated rings. The summed E-state index contributed by atoms with van der Waals surface area (Å²) in [5.41, 5.74) is 4.83. The number of rotatable bonds is 7. The van der Waals surface area contributed by atoms with Crippen molar-refractivity contribution in [3.63, 3.8) is 0 Å². The summed E-state index contributed by atoms with van der Waals surface area (Å²) in [5.74, 6) is -0.130. The highest BCUT2D eigenvalue weighted by molar-refractivity contribution is 7.80. The van der Waals surface area contributed by atoms with E-state index in [1.165, 1.54) is 0 Å². The number of hydrogen-bond donors (Lipinski definition) is 2. The Morgan fingerprint density at radius 2 is 2.12 bits per heavy atom. The van der Waals surface area contributed by atoms with Crippen molar-refractivity contribution in [2.45, 2.75) is 40.2 Å². The van der Waals surface area contributed by atoms with Gasteiger partial charge in [0.2, 0.25) is 5.91 Å². The van der Waals surface area contributed by atoms with Gasteiger partial charge in [0.25, 0.3) is 0 Å². The second-order valence-electron chi connectivity index (χ2n) is 4.08. The zero-order valence-electron chi connectivity index (χ0n) is 10.5. The van der Waals surface area contributed by atoms with E-state index in [9.17, 15) is 4.79 Å². The molecule has 0 radical (unpaired) electrons. The fourth-order valence-electron chi connectivity index (χ4n) is 1.17. The topological polar surface area (TPSA) is 64.3 Å². The summed E-state index contributed by atoms with van der Waals surface area (Å²) in [6, 6.07) is -0.0346. The summed E-state index contributed by atoms with van der Waals surface area (Å²) in [6.45, 7) is 8.60. The molecule has 0 spiro atoms. The smallest absolute Gasteiger partial charge is 0.233 e. The van der Waals surface area contributed by atoms with Gasteiger partial charge in [-0.15, -0.1) is 0 Å². The van der Waals surface area contributed by atoms with Crippen molar-refractivity contribution in [1.29, 1.82) is 0 Å². The van der Waals surface area contributed by atoms with E-state index in [0.717, 1.165) is 0 Å². The zero-order chi connectivity index (χ0) is 12.8. The average Bonchev–Trinajstić information content (AvgIpc) is 2.24. The van der Waals surface area contributed by atoms with Gasteiger partial charge in [0, 0.05) is 12.6 Å². The monoisotopic (exact) mass is 246 g/mol. The van der Waals surface area contributed by atoms with Gasteiger partial charge in [-0.3, -0.25) is 4.79 Å². The lowest BCUT2D eigenvalue weighted by atomic mass is 9.86. The van der Waals surface area contributed by atoms with Crippen LogP contribution in [0.15, 0.2) is 0 Å². The Labute approximate surface area is 103 Å². The largest absolute Gasteiger partial charge is 0.392 e. The molecule has 0 aliphatic carbocycles. The molecule has 0 bridgehead atoms. The number of nitrogens with two attached hydrogens (primary N) is 1. The third-order valence-corrected chi connectivity index (χ3v) is 3.15. The van der Waals surface area contributed by atoms with Crippen LogP contribution >= 0.6 is 12.2 Å². The highest BCUT2D eigenvalue weighted by Crippen LogP contribution is 2.21. The maximum atomic E-state index is 12.0. The fourth-order valence-corrected chi connectivity index (χ4v) is 1.40. The van der Waals surface area contributed by atoms with E-state index in [1.54, 1.807) is 6.92 Å². The van der Waals surface area contributed by atoms with Crippen LogP contribution in [0.4, 0.5) is 0 Å². The number of ether oxygens (including phenoxy) is 1. The fraction of sp³-hybridized carbons (Fsp3) is 0.818. The van der Waals surface area contributed by atoms with Gasteiger partial charge in [-0.2, -0.15) is 0 Å². The molecule has 94 valence electrons. The predicted octanol–water partition coefficient (Wildman–Crippen LogP) is 1.23. The van der Waals surface area contributed by atoms with E-state index in [1.807, 2.05) is 20.8 Å². The van der Waals surface area contributed by atoms with E-state index < -0.39 is 5.41 Å². The Bertz CT molecular complexity index is 258. The number of amides is 1. The Balaban J connectivity index is 4.38. The molecule has 0 aromatic carbocycles. The zero-order valence-corrected chi connectivity index (χ0v) is 11.3. The molecule has 0 rings (SSSR count).